The molecule has 1 amide bonds. The van der Waals surface area contributed by atoms with E-state index >= 15 is 0 Å². The number of hydrogen-bond donors (Lipinski definition) is 2. The molecule has 0 bridgehead atoms. The van der Waals surface area contributed by atoms with E-state index in [2.05, 4.69) is 20.5 Å². The Labute approximate surface area is 154 Å². The van der Waals surface area contributed by atoms with Crippen LogP contribution in [0.4, 0.5) is 10.3 Å². The van der Waals surface area contributed by atoms with E-state index in [4.69, 9.17) is 9.47 Å². The van der Waals surface area contributed by atoms with Crippen molar-refractivity contribution in [2.24, 2.45) is 0 Å². The summed E-state index contributed by atoms with van der Waals surface area (Å²) >= 11 is 0. The van der Waals surface area contributed by atoms with E-state index in [0.29, 0.717) is 28.5 Å². The highest BCUT2D eigenvalue weighted by molar-refractivity contribution is 6.01. The third kappa shape index (κ3) is 4.49. The number of benzene rings is 2. The van der Waals surface area contributed by atoms with Crippen LogP contribution >= 0.6 is 0 Å². The SMILES string of the molecule is COc1ccc(-c2nc(NC(=O)C=Cc3ccc(F)cc3)n[nH]2)c(OC)c1. The Hall–Kier alpha value is -3.68. The monoisotopic (exact) mass is 368 g/mol. The Morgan fingerprint density at radius 1 is 1.15 bits per heavy atom. The summed E-state index contributed by atoms with van der Waals surface area (Å²) < 4.78 is 23.4. The summed E-state index contributed by atoms with van der Waals surface area (Å²) in [4.78, 5) is 16.2. The second-order valence-electron chi connectivity index (χ2n) is 5.45. The maximum Gasteiger partial charge on any atom is 0.250 e. The van der Waals surface area contributed by atoms with Gasteiger partial charge in [-0.15, -0.1) is 5.10 Å². The molecular formula is C19H17FN4O3. The molecular weight excluding hydrogens is 351 g/mol. The number of anilines is 1. The number of carbonyl (C=O) groups is 1. The molecule has 0 atom stereocenters. The number of nitrogens with one attached hydrogen (secondary N) is 2. The van der Waals surface area contributed by atoms with E-state index in [-0.39, 0.29) is 11.8 Å². The first-order valence-electron chi connectivity index (χ1n) is 7.98. The zero-order valence-corrected chi connectivity index (χ0v) is 14.7. The predicted octanol–water partition coefficient (Wildman–Crippen LogP) is 3.28. The average molecular weight is 368 g/mol. The molecule has 2 N–H and O–H groups in total. The number of aromatic nitrogens is 3. The van der Waals surface area contributed by atoms with Crippen molar-refractivity contribution in [1.29, 1.82) is 0 Å². The number of carbonyl (C=O) groups excluding carboxylic acids is 1. The summed E-state index contributed by atoms with van der Waals surface area (Å²) in [7, 11) is 3.10. The quantitative estimate of drug-likeness (QED) is 0.652. The topological polar surface area (TPSA) is 89.1 Å². The highest BCUT2D eigenvalue weighted by Gasteiger charge is 2.13. The molecule has 3 rings (SSSR count). The fourth-order valence-corrected chi connectivity index (χ4v) is 2.33. The van der Waals surface area contributed by atoms with Crippen LogP contribution < -0.4 is 14.8 Å². The molecule has 27 heavy (non-hydrogen) atoms. The first-order valence-corrected chi connectivity index (χ1v) is 7.98. The lowest BCUT2D eigenvalue weighted by molar-refractivity contribution is -0.111. The van der Waals surface area contributed by atoms with E-state index in [0.717, 1.165) is 0 Å². The number of ether oxygens (including phenoxy) is 2. The number of H-pyrrole nitrogens is 1. The minimum atomic E-state index is -0.411. The highest BCUT2D eigenvalue weighted by atomic mass is 19.1. The van der Waals surface area contributed by atoms with Crippen LogP contribution in [0.2, 0.25) is 0 Å². The molecule has 0 aliphatic heterocycles. The summed E-state index contributed by atoms with van der Waals surface area (Å²) in [6.07, 6.45) is 2.88. The van der Waals surface area contributed by atoms with Gasteiger partial charge in [-0.3, -0.25) is 15.2 Å². The lowest BCUT2D eigenvalue weighted by atomic mass is 10.2. The largest absolute Gasteiger partial charge is 0.497 e. The van der Waals surface area contributed by atoms with Crippen LogP contribution in [-0.4, -0.2) is 35.3 Å². The molecule has 0 saturated heterocycles. The fourth-order valence-electron chi connectivity index (χ4n) is 2.33. The van der Waals surface area contributed by atoms with Gasteiger partial charge in [-0.1, -0.05) is 12.1 Å². The van der Waals surface area contributed by atoms with Gasteiger partial charge in [0.15, 0.2) is 5.82 Å². The third-order valence-corrected chi connectivity index (χ3v) is 3.68. The first kappa shape index (κ1) is 18.1. The van der Waals surface area contributed by atoms with Crippen molar-refractivity contribution in [2.45, 2.75) is 0 Å². The van der Waals surface area contributed by atoms with Crippen molar-refractivity contribution in [3.8, 4) is 22.9 Å². The van der Waals surface area contributed by atoms with Crippen LogP contribution in [0.1, 0.15) is 5.56 Å². The van der Waals surface area contributed by atoms with Gasteiger partial charge in [-0.25, -0.2) is 4.39 Å². The van der Waals surface area contributed by atoms with Crippen LogP contribution in [-0.2, 0) is 4.79 Å². The first-order chi connectivity index (χ1) is 13.1. The summed E-state index contributed by atoms with van der Waals surface area (Å²) in [5, 5.41) is 9.29. The molecule has 8 heteroatoms. The Morgan fingerprint density at radius 2 is 1.93 bits per heavy atom. The summed E-state index contributed by atoms with van der Waals surface area (Å²) in [6, 6.07) is 11.0. The third-order valence-electron chi connectivity index (χ3n) is 3.68. The number of hydrogen-bond acceptors (Lipinski definition) is 5. The number of methoxy groups -OCH3 is 2. The Morgan fingerprint density at radius 3 is 2.63 bits per heavy atom. The maximum atomic E-state index is 12.9. The lowest BCUT2D eigenvalue weighted by Gasteiger charge is -2.07. The summed E-state index contributed by atoms with van der Waals surface area (Å²) in [6.45, 7) is 0. The van der Waals surface area contributed by atoms with Crippen molar-refractivity contribution in [1.82, 2.24) is 15.2 Å². The van der Waals surface area contributed by atoms with Crippen molar-refractivity contribution in [3.05, 3.63) is 59.9 Å². The van der Waals surface area contributed by atoms with Gasteiger partial charge >= 0.3 is 0 Å². The molecule has 0 radical (unpaired) electrons. The van der Waals surface area contributed by atoms with Crippen LogP contribution in [0.25, 0.3) is 17.5 Å². The number of rotatable bonds is 6. The molecule has 1 aromatic heterocycles. The van der Waals surface area contributed by atoms with E-state index in [1.165, 1.54) is 25.3 Å². The number of amides is 1. The fraction of sp³-hybridized carbons (Fsp3) is 0.105. The second-order valence-corrected chi connectivity index (χ2v) is 5.45. The predicted molar refractivity (Wildman–Crippen MR) is 99.0 cm³/mol. The van der Waals surface area contributed by atoms with Gasteiger partial charge in [-0.2, -0.15) is 4.98 Å². The van der Waals surface area contributed by atoms with Gasteiger partial charge in [-0.05, 0) is 35.9 Å². The smallest absolute Gasteiger partial charge is 0.250 e. The minimum Gasteiger partial charge on any atom is -0.497 e. The highest BCUT2D eigenvalue weighted by Crippen LogP contribution is 2.31. The van der Waals surface area contributed by atoms with E-state index < -0.39 is 5.91 Å². The summed E-state index contributed by atoms with van der Waals surface area (Å²) in [5.74, 6) is 1.02. The minimum absolute atomic E-state index is 0.122. The number of nitrogens with zero attached hydrogens (tertiary/aromatic N) is 2. The molecule has 0 saturated carbocycles. The normalized spacial score (nSPS) is 10.8. The second kappa shape index (κ2) is 8.13. The van der Waals surface area contributed by atoms with Crippen LogP contribution in [0.5, 0.6) is 11.5 Å². The number of halogens is 1. The standard InChI is InChI=1S/C19H17FN4O3/c1-26-14-8-9-15(16(11-14)27-2)18-22-19(24-23-18)21-17(25)10-5-12-3-6-13(20)7-4-12/h3-11H,1-2H3,(H2,21,22,23,24,25). The van der Waals surface area contributed by atoms with Gasteiger partial charge in [0.25, 0.3) is 5.91 Å². The Kier molecular flexibility index (Phi) is 5.46. The van der Waals surface area contributed by atoms with Crippen molar-refractivity contribution >= 4 is 17.9 Å². The van der Waals surface area contributed by atoms with Crippen molar-refractivity contribution < 1.29 is 18.7 Å². The molecule has 1 heterocycles. The summed E-state index contributed by atoms with van der Waals surface area (Å²) in [5.41, 5.74) is 1.37. The van der Waals surface area contributed by atoms with Gasteiger partial charge in [0.1, 0.15) is 17.3 Å². The van der Waals surface area contributed by atoms with E-state index in [1.807, 2.05) is 0 Å². The van der Waals surface area contributed by atoms with Gasteiger partial charge in [0, 0.05) is 12.1 Å². The lowest BCUT2D eigenvalue weighted by Crippen LogP contribution is -2.09. The molecule has 3 aromatic rings. The van der Waals surface area contributed by atoms with E-state index in [1.54, 1.807) is 43.5 Å². The van der Waals surface area contributed by atoms with Crippen molar-refractivity contribution in [2.75, 3.05) is 19.5 Å². The number of aromatic amines is 1. The van der Waals surface area contributed by atoms with Gasteiger partial charge in [0.05, 0.1) is 19.8 Å². The maximum absolute atomic E-state index is 12.9. The molecule has 0 unspecified atom stereocenters. The molecule has 0 aliphatic rings. The Bertz CT molecular complexity index is 967. The van der Waals surface area contributed by atoms with E-state index in [9.17, 15) is 9.18 Å². The zero-order valence-electron chi connectivity index (χ0n) is 14.7. The molecule has 0 fully saturated rings. The van der Waals surface area contributed by atoms with Crippen LogP contribution in [0, 0.1) is 5.82 Å². The molecule has 2 aromatic carbocycles. The molecule has 0 spiro atoms. The van der Waals surface area contributed by atoms with Crippen LogP contribution in [0.3, 0.4) is 0 Å². The molecule has 7 nitrogen and oxygen atoms in total. The van der Waals surface area contributed by atoms with Gasteiger partial charge < -0.3 is 9.47 Å². The van der Waals surface area contributed by atoms with Gasteiger partial charge in [0.2, 0.25) is 5.95 Å². The molecule has 0 aliphatic carbocycles. The van der Waals surface area contributed by atoms with Crippen LogP contribution in [0.15, 0.2) is 48.5 Å². The van der Waals surface area contributed by atoms with Crippen molar-refractivity contribution in [3.63, 3.8) is 0 Å². The molecule has 138 valence electrons. The zero-order chi connectivity index (χ0) is 19.2. The average Bonchev–Trinajstić information content (AvgIpc) is 3.15. The Balaban J connectivity index is 1.70.